The van der Waals surface area contributed by atoms with E-state index >= 15 is 0 Å². The lowest BCUT2D eigenvalue weighted by molar-refractivity contribution is 0.343. The molecule has 72 valence electrons. The summed E-state index contributed by atoms with van der Waals surface area (Å²) in [5.74, 6) is 0.916. The van der Waals surface area contributed by atoms with Crippen molar-refractivity contribution in [2.24, 2.45) is 5.92 Å². The monoisotopic (exact) mass is 180 g/mol. The first-order valence-corrected chi connectivity index (χ1v) is 5.00. The Morgan fingerprint density at radius 1 is 1.38 bits per heavy atom. The minimum Gasteiger partial charge on any atom is -0.295 e. The molecule has 1 aromatic rings. The Morgan fingerprint density at radius 2 is 2.15 bits per heavy atom. The van der Waals surface area contributed by atoms with Gasteiger partial charge >= 0.3 is 0 Å². The van der Waals surface area contributed by atoms with E-state index in [2.05, 4.69) is 22.0 Å². The third-order valence-electron chi connectivity index (χ3n) is 2.86. The number of aromatic nitrogens is 3. The molecule has 0 radical (unpaired) electrons. The highest BCUT2D eigenvalue weighted by atomic mass is 15.7. The van der Waals surface area contributed by atoms with Crippen LogP contribution in [0.2, 0.25) is 0 Å². The summed E-state index contributed by atoms with van der Waals surface area (Å²) < 4.78 is 0. The zero-order valence-corrected chi connectivity index (χ0v) is 8.06. The molecule has 0 saturated carbocycles. The summed E-state index contributed by atoms with van der Waals surface area (Å²) in [6.07, 6.45) is 7.25. The fraction of sp³-hybridized carbons (Fsp3) is 0.778. The van der Waals surface area contributed by atoms with Crippen molar-refractivity contribution >= 4 is 0 Å². The molecule has 0 aliphatic carbocycles. The second kappa shape index (κ2) is 3.77. The molecule has 0 aromatic carbocycles. The minimum atomic E-state index is 0.916. The summed E-state index contributed by atoms with van der Waals surface area (Å²) in [4.78, 5) is 5.80. The maximum Gasteiger partial charge on any atom is 0.139 e. The quantitative estimate of drug-likeness (QED) is 0.682. The van der Waals surface area contributed by atoms with Gasteiger partial charge in [-0.15, -0.1) is 5.10 Å². The van der Waals surface area contributed by atoms with Crippen molar-refractivity contribution in [2.75, 3.05) is 18.1 Å². The Labute approximate surface area is 78.5 Å². The molecule has 1 fully saturated rings. The van der Waals surface area contributed by atoms with Gasteiger partial charge in [-0.1, -0.05) is 13.3 Å². The van der Waals surface area contributed by atoms with Crippen molar-refractivity contribution < 1.29 is 0 Å². The van der Waals surface area contributed by atoms with Gasteiger partial charge in [-0.05, 0) is 18.8 Å². The Hall–Kier alpha value is -1.06. The van der Waals surface area contributed by atoms with E-state index in [4.69, 9.17) is 0 Å². The SMILES string of the molecule is CCC1CCN(n2cncn2)CC1. The van der Waals surface area contributed by atoms with E-state index < -0.39 is 0 Å². The van der Waals surface area contributed by atoms with Crippen molar-refractivity contribution in [1.29, 1.82) is 0 Å². The summed E-state index contributed by atoms with van der Waals surface area (Å²) in [6.45, 7) is 4.50. The predicted octanol–water partition coefficient (Wildman–Crippen LogP) is 1.04. The predicted molar refractivity (Wildman–Crippen MR) is 51.0 cm³/mol. The molecule has 2 rings (SSSR count). The minimum absolute atomic E-state index is 0.916. The van der Waals surface area contributed by atoms with Crippen LogP contribution in [0.3, 0.4) is 0 Å². The lowest BCUT2D eigenvalue weighted by atomic mass is 9.95. The van der Waals surface area contributed by atoms with Gasteiger partial charge in [0.25, 0.3) is 0 Å². The van der Waals surface area contributed by atoms with Crippen LogP contribution in [0.1, 0.15) is 26.2 Å². The van der Waals surface area contributed by atoms with Gasteiger partial charge in [0.1, 0.15) is 12.7 Å². The van der Waals surface area contributed by atoms with Gasteiger partial charge in [0.05, 0.1) is 0 Å². The molecule has 1 aliphatic rings. The molecule has 0 N–H and O–H groups in total. The molecule has 0 spiro atoms. The molecule has 13 heavy (non-hydrogen) atoms. The molecule has 4 nitrogen and oxygen atoms in total. The van der Waals surface area contributed by atoms with E-state index in [1.54, 1.807) is 12.7 Å². The first-order valence-electron chi connectivity index (χ1n) is 5.00. The molecule has 1 aliphatic heterocycles. The molecule has 0 unspecified atom stereocenters. The average molecular weight is 180 g/mol. The fourth-order valence-corrected chi connectivity index (χ4v) is 1.88. The van der Waals surface area contributed by atoms with Gasteiger partial charge < -0.3 is 0 Å². The summed E-state index contributed by atoms with van der Waals surface area (Å²) in [5.41, 5.74) is 0. The van der Waals surface area contributed by atoms with Crippen LogP contribution in [0.4, 0.5) is 0 Å². The normalized spacial score (nSPS) is 19.3. The molecule has 1 saturated heterocycles. The molecule has 2 heterocycles. The number of nitrogens with zero attached hydrogens (tertiary/aromatic N) is 4. The van der Waals surface area contributed by atoms with E-state index in [1.165, 1.54) is 19.3 Å². The van der Waals surface area contributed by atoms with Crippen molar-refractivity contribution in [1.82, 2.24) is 14.9 Å². The van der Waals surface area contributed by atoms with Gasteiger partial charge in [0, 0.05) is 13.1 Å². The number of hydrogen-bond donors (Lipinski definition) is 0. The van der Waals surface area contributed by atoms with Crippen LogP contribution in [0.5, 0.6) is 0 Å². The molecular weight excluding hydrogens is 164 g/mol. The van der Waals surface area contributed by atoms with Gasteiger partial charge in [0.15, 0.2) is 0 Å². The van der Waals surface area contributed by atoms with Crippen LogP contribution < -0.4 is 5.01 Å². The number of hydrogen-bond acceptors (Lipinski definition) is 3. The molecule has 1 aromatic heterocycles. The summed E-state index contributed by atoms with van der Waals surface area (Å²) in [5, 5.41) is 6.37. The topological polar surface area (TPSA) is 34.0 Å². The highest BCUT2D eigenvalue weighted by Crippen LogP contribution is 2.18. The largest absolute Gasteiger partial charge is 0.295 e. The first kappa shape index (κ1) is 8.53. The lowest BCUT2D eigenvalue weighted by Crippen LogP contribution is -2.41. The van der Waals surface area contributed by atoms with Gasteiger partial charge in [0.2, 0.25) is 0 Å². The highest BCUT2D eigenvalue weighted by molar-refractivity contribution is 4.88. The molecular formula is C9H16N4. The second-order valence-electron chi connectivity index (χ2n) is 3.62. The van der Waals surface area contributed by atoms with Gasteiger partial charge in [-0.25, -0.2) is 4.98 Å². The summed E-state index contributed by atoms with van der Waals surface area (Å²) >= 11 is 0. The van der Waals surface area contributed by atoms with Crippen LogP contribution in [-0.4, -0.2) is 28.0 Å². The molecule has 0 atom stereocenters. The summed E-state index contributed by atoms with van der Waals surface area (Å²) in [7, 11) is 0. The smallest absolute Gasteiger partial charge is 0.139 e. The Morgan fingerprint density at radius 3 is 2.69 bits per heavy atom. The Kier molecular flexibility index (Phi) is 2.47. The first-order chi connectivity index (χ1) is 6.40. The van der Waals surface area contributed by atoms with E-state index in [0.717, 1.165) is 19.0 Å². The highest BCUT2D eigenvalue weighted by Gasteiger charge is 2.17. The molecule has 0 bridgehead atoms. The Bertz CT molecular complexity index is 236. The van der Waals surface area contributed by atoms with Crippen molar-refractivity contribution in [3.05, 3.63) is 12.7 Å². The van der Waals surface area contributed by atoms with Crippen molar-refractivity contribution in [3.8, 4) is 0 Å². The third-order valence-corrected chi connectivity index (χ3v) is 2.86. The lowest BCUT2D eigenvalue weighted by Gasteiger charge is -2.32. The standard InChI is InChI=1S/C9H16N4/c1-2-9-3-5-12(6-4-9)13-8-10-7-11-13/h7-9H,2-6H2,1H3. The van der Waals surface area contributed by atoms with Crippen molar-refractivity contribution in [2.45, 2.75) is 26.2 Å². The van der Waals surface area contributed by atoms with Crippen molar-refractivity contribution in [3.63, 3.8) is 0 Å². The third kappa shape index (κ3) is 1.82. The van der Waals surface area contributed by atoms with Crippen LogP contribution in [-0.2, 0) is 0 Å². The van der Waals surface area contributed by atoms with Crippen LogP contribution in [0.15, 0.2) is 12.7 Å². The molecule has 4 heteroatoms. The zero-order valence-electron chi connectivity index (χ0n) is 8.06. The van der Waals surface area contributed by atoms with E-state index in [0.29, 0.717) is 0 Å². The fourth-order valence-electron chi connectivity index (χ4n) is 1.88. The van der Waals surface area contributed by atoms with Gasteiger partial charge in [-0.3, -0.25) is 5.01 Å². The second-order valence-corrected chi connectivity index (χ2v) is 3.62. The zero-order chi connectivity index (χ0) is 9.10. The van der Waals surface area contributed by atoms with E-state index in [9.17, 15) is 0 Å². The van der Waals surface area contributed by atoms with Crippen LogP contribution in [0, 0.1) is 5.92 Å². The van der Waals surface area contributed by atoms with Crippen LogP contribution in [0.25, 0.3) is 0 Å². The average Bonchev–Trinajstić information content (AvgIpc) is 2.71. The maximum absolute atomic E-state index is 4.12. The van der Waals surface area contributed by atoms with Gasteiger partial charge in [-0.2, -0.15) is 4.79 Å². The number of rotatable bonds is 2. The Balaban J connectivity index is 1.92. The van der Waals surface area contributed by atoms with E-state index in [1.807, 2.05) is 4.79 Å². The van der Waals surface area contributed by atoms with Crippen LogP contribution >= 0.6 is 0 Å². The maximum atomic E-state index is 4.12. The number of piperidine rings is 1. The molecule has 0 amide bonds. The van der Waals surface area contributed by atoms with E-state index in [-0.39, 0.29) is 0 Å². The summed E-state index contributed by atoms with van der Waals surface area (Å²) in [6, 6.07) is 0.